The highest BCUT2D eigenvalue weighted by Gasteiger charge is 2.51. The van der Waals surface area contributed by atoms with Crippen molar-refractivity contribution in [3.63, 3.8) is 0 Å². The Balaban J connectivity index is 1.53. The van der Waals surface area contributed by atoms with Crippen LogP contribution in [0.1, 0.15) is 91.6 Å². The predicted molar refractivity (Wildman–Crippen MR) is 239 cm³/mol. The van der Waals surface area contributed by atoms with Gasteiger partial charge in [0.15, 0.2) is 5.75 Å². The van der Waals surface area contributed by atoms with Crippen LogP contribution in [0.2, 0.25) is 0 Å². The Morgan fingerprint density at radius 2 is 1.66 bits per heavy atom. The van der Waals surface area contributed by atoms with Gasteiger partial charge in [-0.15, -0.1) is 0 Å². The van der Waals surface area contributed by atoms with Crippen molar-refractivity contribution in [1.82, 2.24) is 4.90 Å². The molecule has 10 atom stereocenters. The summed E-state index contributed by atoms with van der Waals surface area (Å²) in [5, 5.41) is 53.1. The first kappa shape index (κ1) is 47.8. The zero-order valence-corrected chi connectivity index (χ0v) is 38.6. The van der Waals surface area contributed by atoms with Gasteiger partial charge in [0.1, 0.15) is 34.6 Å². The molecule has 2 aromatic rings. The van der Waals surface area contributed by atoms with E-state index < -0.39 is 100 Å². The fraction of sp³-hybridized carbons (Fsp3) is 0.553. The third-order valence-corrected chi connectivity index (χ3v) is 12.8. The number of aliphatic hydroxyl groups is 2. The van der Waals surface area contributed by atoms with Crippen LogP contribution in [0.4, 0.5) is 21.9 Å². The minimum Gasteiger partial charge on any atom is -0.507 e. The van der Waals surface area contributed by atoms with Crippen LogP contribution in [-0.4, -0.2) is 117 Å². The number of Topliss-reactive ketones (excluding diaryl/α,β-unsaturated/α-hetero) is 1. The van der Waals surface area contributed by atoms with Crippen LogP contribution >= 0.6 is 0 Å². The van der Waals surface area contributed by atoms with E-state index in [-0.39, 0.29) is 56.8 Å². The summed E-state index contributed by atoms with van der Waals surface area (Å²) in [6.07, 6.45) is 5.09. The van der Waals surface area contributed by atoms with Gasteiger partial charge < -0.3 is 59.6 Å². The third kappa shape index (κ3) is 8.89. The second-order valence-corrected chi connectivity index (χ2v) is 18.8. The Kier molecular flexibility index (Phi) is 13.2. The van der Waals surface area contributed by atoms with E-state index in [0.29, 0.717) is 13.0 Å². The quantitative estimate of drug-likeness (QED) is 0.107. The van der Waals surface area contributed by atoms with Crippen molar-refractivity contribution in [3.8, 4) is 17.2 Å². The van der Waals surface area contributed by atoms with Gasteiger partial charge in [0.05, 0.1) is 53.3 Å². The summed E-state index contributed by atoms with van der Waals surface area (Å²) in [6, 6.07) is 0. The lowest BCUT2D eigenvalue weighted by molar-refractivity contribution is -0.160. The summed E-state index contributed by atoms with van der Waals surface area (Å²) in [7, 11) is 1.45. The normalized spacial score (nSPS) is 31.0. The van der Waals surface area contributed by atoms with Crippen LogP contribution < -0.4 is 15.4 Å². The molecule has 4 aliphatic heterocycles. The summed E-state index contributed by atoms with van der Waals surface area (Å²) in [4.78, 5) is 60.7. The minimum atomic E-state index is -2.03. The zero-order valence-electron chi connectivity index (χ0n) is 38.6. The Morgan fingerprint density at radius 3 is 2.30 bits per heavy atom. The SMILES string of the molecule is CO[C@H]1C=CO[C@@]2(C)Oc3c(C)c(O)c4c(O)c(c5c(c4c3C2=O)NC2(C=N5)CCN(C(=O)OC(C)(C)C)C2)NC(=O)C(C)=CC=C[C@H](C)[C@H](O)[C@@H](C)[C@@H](O)[C@@H](C)[C@H](OC(C)=O)[C@@H]1C. The van der Waals surface area contributed by atoms with Crippen LogP contribution in [0, 0.1) is 30.6 Å². The van der Waals surface area contributed by atoms with Crippen molar-refractivity contribution >= 4 is 57.8 Å². The van der Waals surface area contributed by atoms with E-state index in [0.717, 1.165) is 0 Å². The van der Waals surface area contributed by atoms with Crippen LogP contribution in [-0.2, 0) is 28.5 Å². The lowest BCUT2D eigenvalue weighted by Gasteiger charge is -2.38. The molecule has 0 aromatic heterocycles. The number of amides is 2. The molecule has 6 rings (SSSR count). The fourth-order valence-electron chi connectivity index (χ4n) is 8.97. The zero-order chi connectivity index (χ0) is 47.4. The van der Waals surface area contributed by atoms with Gasteiger partial charge in [-0.3, -0.25) is 19.4 Å². The maximum atomic E-state index is 14.8. The number of phenolic OH excluding ortho intramolecular Hbond substituents is 2. The Bertz CT molecular complexity index is 2350. The van der Waals surface area contributed by atoms with E-state index in [9.17, 15) is 39.6 Å². The summed E-state index contributed by atoms with van der Waals surface area (Å²) in [6.45, 7) is 18.4. The molecule has 1 fully saturated rings. The van der Waals surface area contributed by atoms with E-state index in [1.165, 1.54) is 51.2 Å². The number of benzene rings is 2. The number of fused-ring (bicyclic) bond motifs is 1. The van der Waals surface area contributed by atoms with Crippen LogP contribution in [0.15, 0.2) is 41.1 Å². The average molecular weight is 891 g/mol. The number of carbonyl (C=O) groups is 4. The molecule has 1 spiro atoms. The number of aliphatic imine (C=N–C) groups is 1. The molecule has 64 heavy (non-hydrogen) atoms. The van der Waals surface area contributed by atoms with Gasteiger partial charge >= 0.3 is 17.8 Å². The summed E-state index contributed by atoms with van der Waals surface area (Å²) in [5.41, 5.74) is -1.43. The first-order valence-corrected chi connectivity index (χ1v) is 21.6. The molecule has 17 nitrogen and oxygen atoms in total. The molecule has 0 saturated carbocycles. The van der Waals surface area contributed by atoms with Crippen molar-refractivity contribution in [2.75, 3.05) is 30.8 Å². The molecule has 17 heteroatoms. The molecule has 0 radical (unpaired) electrons. The van der Waals surface area contributed by atoms with Crippen molar-refractivity contribution in [1.29, 1.82) is 0 Å². The van der Waals surface area contributed by atoms with Gasteiger partial charge in [-0.05, 0) is 47.1 Å². The number of nitrogens with one attached hydrogen (secondary N) is 2. The number of ketones is 1. The number of likely N-dealkylation sites (tertiary alicyclic amines) is 1. The standard InChI is InChI=1S/C47H62N4O13/c1-22-14-13-15-23(2)43(58)49-35-34-33(50-47(20-48-34)17-18-51(21-47)44(59)64-45(8,9)10)30-31(39(35)56)38(55)27(6)41-32(30)42(57)46(11,63-41)61-19-16-29(60-12)24(3)40(62-28(7)52)26(5)37(54)25(4)36(22)53/h13-16,19-20,22,24-26,29,36-37,40,50,53-56H,17-18,21H2,1-12H3,(H,49,58)/t22-,24+,25+,26+,29-,36-,37+,40+,46-,47?/m0/s1. The average Bonchev–Trinajstić information content (AvgIpc) is 3.76. The maximum absolute atomic E-state index is 14.8. The lowest BCUT2D eigenvalue weighted by atomic mass is 9.78. The second kappa shape index (κ2) is 17.7. The largest absolute Gasteiger partial charge is 0.507 e. The number of rotatable bonds is 2. The highest BCUT2D eigenvalue weighted by molar-refractivity contribution is 6.26. The van der Waals surface area contributed by atoms with E-state index >= 15 is 0 Å². The number of hydrogen-bond acceptors (Lipinski definition) is 15. The fourth-order valence-corrected chi connectivity index (χ4v) is 8.97. The number of aliphatic hydroxyl groups excluding tert-OH is 2. The highest BCUT2D eigenvalue weighted by atomic mass is 16.7. The minimum absolute atomic E-state index is 0.0208. The van der Waals surface area contributed by atoms with E-state index in [2.05, 4.69) is 10.6 Å². The Hall–Kier alpha value is -5.65. The first-order chi connectivity index (χ1) is 29.8. The number of hydrogen-bond donors (Lipinski definition) is 6. The molecule has 4 aliphatic rings. The van der Waals surface area contributed by atoms with Crippen molar-refractivity contribution in [3.05, 3.63) is 47.3 Å². The molecule has 4 bridgehead atoms. The van der Waals surface area contributed by atoms with Crippen LogP contribution in [0.5, 0.6) is 17.2 Å². The molecule has 1 saturated heterocycles. The number of aromatic hydroxyl groups is 2. The number of anilines is 2. The smallest absolute Gasteiger partial charge is 0.410 e. The second-order valence-electron chi connectivity index (χ2n) is 18.8. The van der Waals surface area contributed by atoms with Crippen molar-refractivity contribution in [2.24, 2.45) is 28.7 Å². The lowest BCUT2D eigenvalue weighted by Crippen LogP contribution is -2.46. The molecule has 6 N–H and O–H groups in total. The number of carbonyl (C=O) groups excluding carboxylic acids is 4. The van der Waals surface area contributed by atoms with Crippen LogP contribution in [0.25, 0.3) is 10.8 Å². The number of esters is 1. The molecule has 1 unspecified atom stereocenters. The van der Waals surface area contributed by atoms with Crippen molar-refractivity contribution < 1.29 is 63.3 Å². The molecule has 2 aromatic carbocycles. The monoisotopic (exact) mass is 890 g/mol. The number of allylic oxidation sites excluding steroid dienone is 2. The summed E-state index contributed by atoms with van der Waals surface area (Å²) < 4.78 is 29.6. The molecule has 348 valence electrons. The Labute approximate surface area is 373 Å². The molecule has 2 amide bonds. The molecule has 0 aliphatic carbocycles. The number of nitrogens with zero attached hydrogens (tertiary/aromatic N) is 2. The highest BCUT2D eigenvalue weighted by Crippen LogP contribution is 2.58. The van der Waals surface area contributed by atoms with Gasteiger partial charge in [-0.1, -0.05) is 45.9 Å². The van der Waals surface area contributed by atoms with Gasteiger partial charge in [-0.2, -0.15) is 0 Å². The first-order valence-electron chi connectivity index (χ1n) is 21.6. The number of phenols is 2. The van der Waals surface area contributed by atoms with E-state index in [1.54, 1.807) is 73.8 Å². The van der Waals surface area contributed by atoms with Crippen LogP contribution in [0.3, 0.4) is 0 Å². The predicted octanol–water partition coefficient (Wildman–Crippen LogP) is 6.56. The van der Waals surface area contributed by atoms with E-state index in [4.69, 9.17) is 28.7 Å². The molecule has 4 heterocycles. The number of methoxy groups -OCH3 is 1. The maximum Gasteiger partial charge on any atom is 0.410 e. The van der Waals surface area contributed by atoms with Gasteiger partial charge in [0, 0.05) is 73.9 Å². The van der Waals surface area contributed by atoms with Gasteiger partial charge in [0.25, 0.3) is 11.7 Å². The Morgan fingerprint density at radius 1 is 0.969 bits per heavy atom. The third-order valence-electron chi connectivity index (χ3n) is 12.8. The van der Waals surface area contributed by atoms with Crippen molar-refractivity contribution in [2.45, 2.75) is 124 Å². The summed E-state index contributed by atoms with van der Waals surface area (Å²) >= 11 is 0. The number of ether oxygens (including phenoxy) is 5. The molecular weight excluding hydrogens is 829 g/mol. The van der Waals surface area contributed by atoms with Gasteiger partial charge in [0.2, 0.25) is 0 Å². The summed E-state index contributed by atoms with van der Waals surface area (Å²) in [5.74, 6) is -7.45. The molecular formula is C47H62N4O13. The topological polar surface area (TPSA) is 235 Å². The van der Waals surface area contributed by atoms with Gasteiger partial charge in [-0.25, -0.2) is 4.79 Å². The van der Waals surface area contributed by atoms with E-state index in [1.807, 2.05) is 0 Å².